The summed E-state index contributed by atoms with van der Waals surface area (Å²) in [6.45, 7) is 4.11. The number of nitrogens with zero attached hydrogens (tertiary/aromatic N) is 1. The number of hydrogen-bond acceptors (Lipinski definition) is 4. The van der Waals surface area contributed by atoms with Gasteiger partial charge < -0.3 is 24.4 Å². The van der Waals surface area contributed by atoms with Crippen molar-refractivity contribution in [1.82, 2.24) is 4.90 Å². The molecule has 0 unspecified atom stereocenters. The number of benzene rings is 2. The molecule has 3 rings (SSSR count). The highest BCUT2D eigenvalue weighted by Crippen LogP contribution is 2.31. The van der Waals surface area contributed by atoms with Crippen molar-refractivity contribution in [1.29, 1.82) is 0 Å². The van der Waals surface area contributed by atoms with Gasteiger partial charge in [-0.2, -0.15) is 0 Å². The minimum atomic E-state index is -0.179. The molecule has 6 nitrogen and oxygen atoms in total. The van der Waals surface area contributed by atoms with Crippen LogP contribution >= 0.6 is 0 Å². The van der Waals surface area contributed by atoms with Crippen molar-refractivity contribution in [2.75, 3.05) is 32.2 Å². The first-order valence-electron chi connectivity index (χ1n) is 8.28. The molecule has 0 fully saturated rings. The van der Waals surface area contributed by atoms with Crippen LogP contribution in [0.25, 0.3) is 0 Å². The Hall–Kier alpha value is -2.89. The monoisotopic (exact) mass is 342 g/mol. The van der Waals surface area contributed by atoms with Crippen LogP contribution in [0, 0.1) is 0 Å². The van der Waals surface area contributed by atoms with Gasteiger partial charge in [-0.05, 0) is 36.8 Å². The Kier molecular flexibility index (Phi) is 5.28. The maximum atomic E-state index is 12.6. The van der Waals surface area contributed by atoms with Gasteiger partial charge in [-0.3, -0.25) is 0 Å². The van der Waals surface area contributed by atoms with Crippen LogP contribution < -0.4 is 19.5 Å². The molecule has 1 aliphatic heterocycles. The summed E-state index contributed by atoms with van der Waals surface area (Å²) in [5.74, 6) is 2.10. The molecule has 0 saturated heterocycles. The van der Waals surface area contributed by atoms with Crippen LogP contribution in [0.2, 0.25) is 0 Å². The summed E-state index contributed by atoms with van der Waals surface area (Å²) in [6, 6.07) is 12.9. The lowest BCUT2D eigenvalue weighted by Gasteiger charge is -2.23. The van der Waals surface area contributed by atoms with E-state index in [0.29, 0.717) is 37.7 Å². The SMILES string of the molecule is CCN(Cc1ccc2c(c1)OCCO2)C(=O)Nc1ccccc1OC. The van der Waals surface area contributed by atoms with Crippen molar-refractivity contribution in [3.05, 3.63) is 48.0 Å². The third-order valence-corrected chi connectivity index (χ3v) is 4.00. The van der Waals surface area contributed by atoms with Crippen LogP contribution in [-0.4, -0.2) is 37.8 Å². The molecule has 25 heavy (non-hydrogen) atoms. The zero-order chi connectivity index (χ0) is 17.6. The smallest absolute Gasteiger partial charge is 0.322 e. The highest BCUT2D eigenvalue weighted by atomic mass is 16.6. The maximum absolute atomic E-state index is 12.6. The van der Waals surface area contributed by atoms with E-state index >= 15 is 0 Å². The number of methoxy groups -OCH3 is 1. The number of anilines is 1. The Morgan fingerprint density at radius 2 is 1.92 bits per heavy atom. The maximum Gasteiger partial charge on any atom is 0.322 e. The highest BCUT2D eigenvalue weighted by Gasteiger charge is 2.17. The lowest BCUT2D eigenvalue weighted by Crippen LogP contribution is -2.34. The predicted molar refractivity (Wildman–Crippen MR) is 95.5 cm³/mol. The van der Waals surface area contributed by atoms with E-state index < -0.39 is 0 Å². The summed E-state index contributed by atoms with van der Waals surface area (Å²) < 4.78 is 16.4. The molecule has 0 spiro atoms. The minimum Gasteiger partial charge on any atom is -0.495 e. The molecular formula is C19H22N2O4. The van der Waals surface area contributed by atoms with Crippen molar-refractivity contribution >= 4 is 11.7 Å². The molecule has 1 heterocycles. The summed E-state index contributed by atoms with van der Waals surface area (Å²) >= 11 is 0. The fraction of sp³-hybridized carbons (Fsp3) is 0.316. The average Bonchev–Trinajstić information content (AvgIpc) is 2.66. The van der Waals surface area contributed by atoms with Gasteiger partial charge in [0, 0.05) is 13.1 Å². The molecule has 0 aliphatic carbocycles. The van der Waals surface area contributed by atoms with E-state index in [9.17, 15) is 4.79 Å². The zero-order valence-corrected chi connectivity index (χ0v) is 14.5. The normalized spacial score (nSPS) is 12.4. The van der Waals surface area contributed by atoms with E-state index in [1.807, 2.05) is 49.4 Å². The Balaban J connectivity index is 1.70. The number of carbonyl (C=O) groups excluding carboxylic acids is 1. The molecule has 1 N–H and O–H groups in total. The van der Waals surface area contributed by atoms with Crippen LogP contribution in [0.1, 0.15) is 12.5 Å². The van der Waals surface area contributed by atoms with Crippen LogP contribution in [0.3, 0.4) is 0 Å². The summed E-state index contributed by atoms with van der Waals surface area (Å²) in [5, 5.41) is 2.90. The van der Waals surface area contributed by atoms with E-state index in [-0.39, 0.29) is 6.03 Å². The van der Waals surface area contributed by atoms with Crippen LogP contribution in [0.5, 0.6) is 17.2 Å². The predicted octanol–water partition coefficient (Wildman–Crippen LogP) is 3.52. The fourth-order valence-electron chi connectivity index (χ4n) is 2.68. The van der Waals surface area contributed by atoms with Gasteiger partial charge in [0.15, 0.2) is 11.5 Å². The number of hydrogen-bond donors (Lipinski definition) is 1. The summed E-state index contributed by atoms with van der Waals surface area (Å²) in [6.07, 6.45) is 0. The van der Waals surface area contributed by atoms with Gasteiger partial charge in [-0.15, -0.1) is 0 Å². The van der Waals surface area contributed by atoms with Crippen LogP contribution in [-0.2, 0) is 6.54 Å². The lowest BCUT2D eigenvalue weighted by molar-refractivity contribution is 0.171. The first-order chi connectivity index (χ1) is 12.2. The van der Waals surface area contributed by atoms with Gasteiger partial charge in [0.05, 0.1) is 12.8 Å². The Labute approximate surface area is 147 Å². The van der Waals surface area contributed by atoms with Gasteiger partial charge in [-0.25, -0.2) is 4.79 Å². The summed E-state index contributed by atoms with van der Waals surface area (Å²) in [7, 11) is 1.58. The number of para-hydroxylation sites is 2. The number of amides is 2. The molecule has 0 aromatic heterocycles. The molecule has 2 aromatic rings. The molecule has 0 bridgehead atoms. The average molecular weight is 342 g/mol. The van der Waals surface area contributed by atoms with Crippen molar-refractivity contribution < 1.29 is 19.0 Å². The van der Waals surface area contributed by atoms with Gasteiger partial charge in [0.2, 0.25) is 0 Å². The van der Waals surface area contributed by atoms with Crippen LogP contribution in [0.15, 0.2) is 42.5 Å². The van der Waals surface area contributed by atoms with E-state index in [1.165, 1.54) is 0 Å². The second kappa shape index (κ2) is 7.79. The molecular weight excluding hydrogens is 320 g/mol. The molecule has 0 radical (unpaired) electrons. The van der Waals surface area contributed by atoms with Gasteiger partial charge in [0.1, 0.15) is 19.0 Å². The van der Waals surface area contributed by atoms with Crippen molar-refractivity contribution in [2.24, 2.45) is 0 Å². The molecule has 6 heteroatoms. The lowest BCUT2D eigenvalue weighted by atomic mass is 10.2. The zero-order valence-electron chi connectivity index (χ0n) is 14.5. The highest BCUT2D eigenvalue weighted by molar-refractivity contribution is 5.90. The molecule has 1 aliphatic rings. The number of rotatable bonds is 5. The standard InChI is InChI=1S/C19H22N2O4/c1-3-21(19(22)20-15-6-4-5-7-16(15)23-2)13-14-8-9-17-18(12-14)25-11-10-24-17/h4-9,12H,3,10-11,13H2,1-2H3,(H,20,22). The Morgan fingerprint density at radius 3 is 2.68 bits per heavy atom. The number of nitrogens with one attached hydrogen (secondary N) is 1. The second-order valence-electron chi connectivity index (χ2n) is 5.62. The number of carbonyl (C=O) groups is 1. The topological polar surface area (TPSA) is 60.0 Å². The quantitative estimate of drug-likeness (QED) is 0.903. The molecule has 2 amide bonds. The minimum absolute atomic E-state index is 0.179. The van der Waals surface area contributed by atoms with Gasteiger partial charge in [-0.1, -0.05) is 18.2 Å². The molecule has 132 valence electrons. The summed E-state index contributed by atoms with van der Waals surface area (Å²) in [5.41, 5.74) is 1.64. The Bertz CT molecular complexity index is 748. The molecule has 0 saturated carbocycles. The molecule has 2 aromatic carbocycles. The van der Waals surface area contributed by atoms with Crippen molar-refractivity contribution in [3.8, 4) is 17.2 Å². The molecule has 0 atom stereocenters. The van der Waals surface area contributed by atoms with Gasteiger partial charge >= 0.3 is 6.03 Å². The van der Waals surface area contributed by atoms with E-state index in [2.05, 4.69) is 5.32 Å². The second-order valence-corrected chi connectivity index (χ2v) is 5.62. The number of fused-ring (bicyclic) bond motifs is 1. The largest absolute Gasteiger partial charge is 0.495 e. The number of ether oxygens (including phenoxy) is 3. The van der Waals surface area contributed by atoms with Crippen LogP contribution in [0.4, 0.5) is 10.5 Å². The first-order valence-corrected chi connectivity index (χ1v) is 8.28. The van der Waals surface area contributed by atoms with Crippen molar-refractivity contribution in [3.63, 3.8) is 0 Å². The van der Waals surface area contributed by atoms with E-state index in [4.69, 9.17) is 14.2 Å². The van der Waals surface area contributed by atoms with Crippen molar-refractivity contribution in [2.45, 2.75) is 13.5 Å². The third kappa shape index (κ3) is 3.96. The fourth-order valence-corrected chi connectivity index (χ4v) is 2.68. The van der Waals surface area contributed by atoms with E-state index in [0.717, 1.165) is 17.1 Å². The van der Waals surface area contributed by atoms with Gasteiger partial charge in [0.25, 0.3) is 0 Å². The third-order valence-electron chi connectivity index (χ3n) is 4.00. The first kappa shape index (κ1) is 17.0. The number of urea groups is 1. The Morgan fingerprint density at radius 1 is 1.16 bits per heavy atom. The summed E-state index contributed by atoms with van der Waals surface area (Å²) in [4.78, 5) is 14.3. The van der Waals surface area contributed by atoms with E-state index in [1.54, 1.807) is 12.0 Å².